The van der Waals surface area contributed by atoms with Crippen molar-refractivity contribution < 1.29 is 44.1 Å². The number of carboxylic acid groups (broad SMARTS) is 1. The van der Waals surface area contributed by atoms with E-state index >= 15 is 0 Å². The van der Waals surface area contributed by atoms with Crippen molar-refractivity contribution >= 4 is 47.7 Å². The molecule has 6 atom stereocenters. The number of amides is 3. The van der Waals surface area contributed by atoms with E-state index in [1.54, 1.807) is 38.1 Å². The van der Waals surface area contributed by atoms with Gasteiger partial charge in [-0.2, -0.15) is 0 Å². The SMILES string of the molecule is CC(=O)C(N)c1ccccc1.CCCC(C)C(O)C(=O)NCC(=O)NC(C(C)=O)c1ccccc1.CCCC(C)C(O)C(=O)NCC(=O)O.Cl. The van der Waals surface area contributed by atoms with Crippen LogP contribution in [0.4, 0.5) is 0 Å². The molecule has 2 aromatic carbocycles. The van der Waals surface area contributed by atoms with Gasteiger partial charge in [-0.15, -0.1) is 12.4 Å². The van der Waals surface area contributed by atoms with Gasteiger partial charge in [-0.1, -0.05) is 101 Å². The number of rotatable bonds is 17. The summed E-state index contributed by atoms with van der Waals surface area (Å²) in [5.74, 6) is -3.31. The summed E-state index contributed by atoms with van der Waals surface area (Å²) in [5, 5.41) is 34.7. The lowest BCUT2D eigenvalue weighted by molar-refractivity contribution is -0.140. The molecule has 0 saturated carbocycles. The van der Waals surface area contributed by atoms with E-state index in [0.29, 0.717) is 5.56 Å². The maximum Gasteiger partial charge on any atom is 0.322 e. The molecule has 280 valence electrons. The monoisotopic (exact) mass is 722 g/mol. The number of ketones is 2. The second kappa shape index (κ2) is 26.7. The van der Waals surface area contributed by atoms with Crippen molar-refractivity contribution in [3.8, 4) is 0 Å². The number of carboxylic acids is 1. The van der Waals surface area contributed by atoms with Gasteiger partial charge in [0.15, 0.2) is 11.6 Å². The Bertz CT molecular complexity index is 1320. The van der Waals surface area contributed by atoms with Crippen LogP contribution < -0.4 is 21.7 Å². The van der Waals surface area contributed by atoms with Crippen molar-refractivity contribution in [1.29, 1.82) is 0 Å². The molecule has 6 unspecified atom stereocenters. The van der Waals surface area contributed by atoms with Crippen LogP contribution >= 0.6 is 12.4 Å². The molecule has 0 bridgehead atoms. The molecule has 14 heteroatoms. The number of aliphatic carboxylic acids is 1. The van der Waals surface area contributed by atoms with Crippen LogP contribution in [0.15, 0.2) is 60.7 Å². The Kier molecular flexibility index (Phi) is 25.6. The van der Waals surface area contributed by atoms with Crippen LogP contribution in [0, 0.1) is 11.8 Å². The highest BCUT2D eigenvalue weighted by Crippen LogP contribution is 2.14. The van der Waals surface area contributed by atoms with Crippen LogP contribution in [0.5, 0.6) is 0 Å². The number of nitrogens with two attached hydrogens (primary N) is 1. The fraction of sp³-hybridized carbons (Fsp3) is 0.500. The lowest BCUT2D eigenvalue weighted by Gasteiger charge is -2.19. The number of hydrogen-bond donors (Lipinski definition) is 7. The number of aliphatic hydroxyl groups is 2. The van der Waals surface area contributed by atoms with Crippen LogP contribution in [0.1, 0.15) is 90.4 Å². The maximum absolute atomic E-state index is 12.0. The van der Waals surface area contributed by atoms with Crippen molar-refractivity contribution in [1.82, 2.24) is 16.0 Å². The van der Waals surface area contributed by atoms with E-state index in [9.17, 15) is 39.0 Å². The van der Waals surface area contributed by atoms with Gasteiger partial charge in [0.05, 0.1) is 12.6 Å². The third-order valence-corrected chi connectivity index (χ3v) is 7.38. The number of benzene rings is 2. The van der Waals surface area contributed by atoms with E-state index in [4.69, 9.17) is 10.8 Å². The summed E-state index contributed by atoms with van der Waals surface area (Å²) in [4.78, 5) is 67.7. The van der Waals surface area contributed by atoms with Gasteiger partial charge in [0.1, 0.15) is 24.8 Å². The number of carbonyl (C=O) groups is 6. The van der Waals surface area contributed by atoms with Gasteiger partial charge in [-0.05, 0) is 49.7 Å². The van der Waals surface area contributed by atoms with Gasteiger partial charge >= 0.3 is 5.97 Å². The summed E-state index contributed by atoms with van der Waals surface area (Å²) in [6.45, 7) is 9.63. The zero-order chi connectivity index (χ0) is 37.5. The molecule has 0 heterocycles. The second-order valence-electron chi connectivity index (χ2n) is 11.8. The molecule has 13 nitrogen and oxygen atoms in total. The molecule has 3 amide bonds. The number of carbonyl (C=O) groups excluding carboxylic acids is 5. The fourth-order valence-corrected chi connectivity index (χ4v) is 4.45. The van der Waals surface area contributed by atoms with Crippen LogP contribution in [0.25, 0.3) is 0 Å². The third kappa shape index (κ3) is 19.7. The van der Waals surface area contributed by atoms with E-state index in [-0.39, 0.29) is 42.4 Å². The van der Waals surface area contributed by atoms with Crippen LogP contribution in [-0.4, -0.2) is 75.9 Å². The van der Waals surface area contributed by atoms with Gasteiger partial charge in [0.2, 0.25) is 17.7 Å². The van der Waals surface area contributed by atoms with E-state index in [0.717, 1.165) is 31.2 Å². The summed E-state index contributed by atoms with van der Waals surface area (Å²) in [5.41, 5.74) is 7.14. The molecular formula is C36H55ClN4O9. The Labute approximate surface area is 301 Å². The Hall–Kier alpha value is -4.17. The highest BCUT2D eigenvalue weighted by molar-refractivity contribution is 5.91. The number of nitrogens with one attached hydrogen (secondary N) is 3. The first kappa shape index (κ1) is 47.9. The van der Waals surface area contributed by atoms with Crippen molar-refractivity contribution in [3.05, 3.63) is 71.8 Å². The molecule has 0 aliphatic carbocycles. The second-order valence-corrected chi connectivity index (χ2v) is 11.8. The minimum absolute atomic E-state index is 0. The summed E-state index contributed by atoms with van der Waals surface area (Å²) in [6, 6.07) is 17.0. The molecule has 0 aromatic heterocycles. The maximum atomic E-state index is 12.0. The molecule has 0 radical (unpaired) electrons. The molecule has 0 aliphatic rings. The van der Waals surface area contributed by atoms with Gasteiger partial charge in [-0.25, -0.2) is 0 Å². The Balaban J connectivity index is 0. The number of aliphatic hydroxyl groups excluding tert-OH is 2. The van der Waals surface area contributed by atoms with Crippen molar-refractivity contribution in [2.24, 2.45) is 17.6 Å². The fourth-order valence-electron chi connectivity index (χ4n) is 4.45. The van der Waals surface area contributed by atoms with E-state index in [1.807, 2.05) is 50.2 Å². The Morgan fingerprint density at radius 2 is 1.08 bits per heavy atom. The minimum Gasteiger partial charge on any atom is -0.480 e. The first-order valence-electron chi connectivity index (χ1n) is 16.4. The predicted octanol–water partition coefficient (Wildman–Crippen LogP) is 3.03. The summed E-state index contributed by atoms with van der Waals surface area (Å²) < 4.78 is 0. The topological polar surface area (TPSA) is 225 Å². The van der Waals surface area contributed by atoms with Crippen LogP contribution in [0.2, 0.25) is 0 Å². The molecule has 0 saturated heterocycles. The van der Waals surface area contributed by atoms with Gasteiger partial charge in [0.25, 0.3) is 0 Å². The van der Waals surface area contributed by atoms with Gasteiger partial charge in [-0.3, -0.25) is 28.8 Å². The predicted molar refractivity (Wildman–Crippen MR) is 193 cm³/mol. The van der Waals surface area contributed by atoms with E-state index < -0.39 is 54.5 Å². The van der Waals surface area contributed by atoms with Gasteiger partial charge < -0.3 is 37.0 Å². The summed E-state index contributed by atoms with van der Waals surface area (Å²) in [7, 11) is 0. The molecule has 2 aromatic rings. The molecular weight excluding hydrogens is 668 g/mol. The largest absolute Gasteiger partial charge is 0.480 e. The molecule has 8 N–H and O–H groups in total. The first-order valence-corrected chi connectivity index (χ1v) is 16.4. The lowest BCUT2D eigenvalue weighted by atomic mass is 9.99. The highest BCUT2D eigenvalue weighted by atomic mass is 35.5. The smallest absolute Gasteiger partial charge is 0.322 e. The molecule has 50 heavy (non-hydrogen) atoms. The van der Waals surface area contributed by atoms with E-state index in [2.05, 4.69) is 16.0 Å². The first-order chi connectivity index (χ1) is 23.1. The Morgan fingerprint density at radius 1 is 0.680 bits per heavy atom. The van der Waals surface area contributed by atoms with Crippen LogP contribution in [-0.2, 0) is 28.8 Å². The standard InChI is InChI=1S/C18H26N2O4.C9H17NO4.C9H11NO.ClH/c1-4-8-12(2)17(23)18(24)19-11-15(22)20-16(13(3)21)14-9-6-5-7-10-14;1-3-4-6(2)8(13)9(14)10-5-7(11)12;1-7(11)9(10)8-5-3-2-4-6-8;/h5-7,9-10,12,16-17,23H,4,8,11H2,1-3H3,(H,19,24)(H,20,22);6,8,13H,3-5H2,1-2H3,(H,10,14)(H,11,12);2-6,9H,10H2,1H3;1H. The molecule has 0 aliphatic heterocycles. The zero-order valence-corrected chi connectivity index (χ0v) is 30.6. The molecule has 0 fully saturated rings. The number of hydrogen-bond acceptors (Lipinski definition) is 9. The third-order valence-electron chi connectivity index (χ3n) is 7.38. The molecule has 0 spiro atoms. The normalized spacial score (nSPS) is 13.7. The van der Waals surface area contributed by atoms with Crippen molar-refractivity contribution in [3.63, 3.8) is 0 Å². The number of halogens is 1. The average Bonchev–Trinajstić information content (AvgIpc) is 3.08. The average molecular weight is 723 g/mol. The Morgan fingerprint density at radius 3 is 1.44 bits per heavy atom. The minimum atomic E-state index is -1.14. The quantitative estimate of drug-likeness (QED) is 0.126. The summed E-state index contributed by atoms with van der Waals surface area (Å²) >= 11 is 0. The molecule has 2 rings (SSSR count). The lowest BCUT2D eigenvalue weighted by Crippen LogP contribution is -2.45. The van der Waals surface area contributed by atoms with Crippen molar-refractivity contribution in [2.45, 2.75) is 91.5 Å². The van der Waals surface area contributed by atoms with Crippen molar-refractivity contribution in [2.75, 3.05) is 13.1 Å². The zero-order valence-electron chi connectivity index (χ0n) is 29.8. The summed E-state index contributed by atoms with van der Waals surface area (Å²) in [6.07, 6.45) is 0.946. The highest BCUT2D eigenvalue weighted by Gasteiger charge is 2.24. The van der Waals surface area contributed by atoms with E-state index in [1.165, 1.54) is 13.8 Å². The number of Topliss-reactive ketones (excluding diaryl/α,β-unsaturated/α-hetero) is 2. The van der Waals surface area contributed by atoms with Crippen LogP contribution in [0.3, 0.4) is 0 Å². The van der Waals surface area contributed by atoms with Gasteiger partial charge in [0, 0.05) is 0 Å².